The molecular weight excluding hydrogens is 350 g/mol. The van der Waals surface area contributed by atoms with E-state index in [9.17, 15) is 29.8 Å². The van der Waals surface area contributed by atoms with E-state index in [-0.39, 0.29) is 12.0 Å². The van der Waals surface area contributed by atoms with E-state index in [1.807, 2.05) is 0 Å². The average Bonchev–Trinajstić information content (AvgIpc) is 2.64. The third-order valence-corrected chi connectivity index (χ3v) is 3.85. The normalized spacial score (nSPS) is 14.5. The molecular formula is C14H18N5O7+. The minimum atomic E-state index is -0.932. The zero-order valence-corrected chi connectivity index (χ0v) is 13.7. The number of non-ortho nitro benzene ring substituents is 1. The van der Waals surface area contributed by atoms with E-state index in [2.05, 4.69) is 10.9 Å². The van der Waals surface area contributed by atoms with Crippen LogP contribution in [0.15, 0.2) is 18.2 Å². The average molecular weight is 368 g/mol. The maximum Gasteiger partial charge on any atom is 0.289 e. The minimum absolute atomic E-state index is 0.165. The van der Waals surface area contributed by atoms with Gasteiger partial charge in [0.05, 0.1) is 42.1 Å². The molecule has 0 atom stereocenters. The second-order valence-corrected chi connectivity index (χ2v) is 5.58. The Morgan fingerprint density at radius 3 is 2.42 bits per heavy atom. The number of ether oxygens (including phenoxy) is 1. The largest absolute Gasteiger partial charge is 0.370 e. The van der Waals surface area contributed by atoms with Crippen LogP contribution < -0.4 is 15.8 Å². The molecule has 0 saturated carbocycles. The van der Waals surface area contributed by atoms with Crippen molar-refractivity contribution < 1.29 is 29.1 Å². The number of morpholine rings is 1. The molecule has 1 fully saturated rings. The van der Waals surface area contributed by atoms with Gasteiger partial charge in [0.25, 0.3) is 17.3 Å². The first-order chi connectivity index (χ1) is 12.4. The van der Waals surface area contributed by atoms with E-state index in [0.29, 0.717) is 25.8 Å². The molecule has 12 nitrogen and oxygen atoms in total. The smallest absolute Gasteiger partial charge is 0.289 e. The van der Waals surface area contributed by atoms with Gasteiger partial charge in [0.2, 0.25) is 5.91 Å². The highest BCUT2D eigenvalue weighted by Gasteiger charge is 2.24. The van der Waals surface area contributed by atoms with Crippen molar-refractivity contribution in [3.8, 4) is 0 Å². The zero-order chi connectivity index (χ0) is 19.1. The molecule has 1 aliphatic heterocycles. The number of carbonyl (C=O) groups excluding carboxylic acids is 2. The highest BCUT2D eigenvalue weighted by molar-refractivity contribution is 5.99. The Morgan fingerprint density at radius 2 is 1.81 bits per heavy atom. The van der Waals surface area contributed by atoms with Crippen molar-refractivity contribution in [2.45, 2.75) is 6.42 Å². The second kappa shape index (κ2) is 8.82. The summed E-state index contributed by atoms with van der Waals surface area (Å²) < 4.78 is 5.21. The predicted molar refractivity (Wildman–Crippen MR) is 86.4 cm³/mol. The molecule has 2 amide bonds. The van der Waals surface area contributed by atoms with Crippen LogP contribution in [0.2, 0.25) is 0 Å². The molecule has 2 rings (SSSR count). The molecule has 12 heteroatoms. The lowest BCUT2D eigenvalue weighted by Crippen LogP contribution is -3.14. The van der Waals surface area contributed by atoms with Gasteiger partial charge in [-0.2, -0.15) is 0 Å². The Balaban J connectivity index is 1.91. The van der Waals surface area contributed by atoms with Gasteiger partial charge in [-0.1, -0.05) is 0 Å². The highest BCUT2D eigenvalue weighted by atomic mass is 16.6. The van der Waals surface area contributed by atoms with E-state index < -0.39 is 33.0 Å². The van der Waals surface area contributed by atoms with Gasteiger partial charge in [-0.15, -0.1) is 0 Å². The Bertz CT molecular complexity index is 718. The number of nitrogens with one attached hydrogen (secondary N) is 3. The summed E-state index contributed by atoms with van der Waals surface area (Å²) in [4.78, 5) is 45.1. The van der Waals surface area contributed by atoms with E-state index in [1.54, 1.807) is 0 Å². The number of amides is 2. The number of hydrogen-bond acceptors (Lipinski definition) is 7. The Kier molecular flexibility index (Phi) is 6.52. The van der Waals surface area contributed by atoms with Crippen molar-refractivity contribution in [1.82, 2.24) is 10.9 Å². The number of carbonyl (C=O) groups is 2. The Labute approximate surface area is 147 Å². The topological polar surface area (TPSA) is 158 Å². The monoisotopic (exact) mass is 368 g/mol. The maximum atomic E-state index is 12.0. The Morgan fingerprint density at radius 1 is 1.12 bits per heavy atom. The molecule has 0 radical (unpaired) electrons. The van der Waals surface area contributed by atoms with Crippen molar-refractivity contribution in [2.75, 3.05) is 32.8 Å². The van der Waals surface area contributed by atoms with Crippen LogP contribution in [-0.2, 0) is 9.53 Å². The van der Waals surface area contributed by atoms with Gasteiger partial charge in [-0.05, 0) is 6.07 Å². The summed E-state index contributed by atoms with van der Waals surface area (Å²) in [5.41, 5.74) is 2.65. The van der Waals surface area contributed by atoms with Crippen molar-refractivity contribution in [2.24, 2.45) is 0 Å². The summed E-state index contributed by atoms with van der Waals surface area (Å²) in [5.74, 6) is -1.37. The van der Waals surface area contributed by atoms with Crippen molar-refractivity contribution in [1.29, 1.82) is 0 Å². The van der Waals surface area contributed by atoms with Crippen molar-refractivity contribution >= 4 is 23.2 Å². The number of quaternary nitrogens is 1. The molecule has 3 N–H and O–H groups in total. The third-order valence-electron chi connectivity index (χ3n) is 3.85. The first-order valence-corrected chi connectivity index (χ1v) is 7.82. The molecule has 1 heterocycles. The van der Waals surface area contributed by atoms with Crippen molar-refractivity contribution in [3.63, 3.8) is 0 Å². The van der Waals surface area contributed by atoms with Gasteiger partial charge in [0.1, 0.15) is 18.7 Å². The van der Waals surface area contributed by atoms with Crippen molar-refractivity contribution in [3.05, 3.63) is 44.0 Å². The first kappa shape index (κ1) is 19.2. The van der Waals surface area contributed by atoms with Crippen LogP contribution in [0.3, 0.4) is 0 Å². The second-order valence-electron chi connectivity index (χ2n) is 5.58. The Hall–Kier alpha value is -3.12. The van der Waals surface area contributed by atoms with Crippen LogP contribution in [-0.4, -0.2) is 54.5 Å². The van der Waals surface area contributed by atoms with Gasteiger partial charge in [0.15, 0.2) is 0 Å². The molecule has 1 aliphatic rings. The summed E-state index contributed by atoms with van der Waals surface area (Å²) in [6.45, 7) is 3.45. The zero-order valence-electron chi connectivity index (χ0n) is 13.7. The number of nitro groups is 2. The third kappa shape index (κ3) is 5.19. The van der Waals surface area contributed by atoms with E-state index >= 15 is 0 Å². The van der Waals surface area contributed by atoms with Crippen LogP contribution in [0.4, 0.5) is 11.4 Å². The fourth-order valence-corrected chi connectivity index (χ4v) is 2.43. The lowest BCUT2D eigenvalue weighted by Gasteiger charge is -2.23. The van der Waals surface area contributed by atoms with Crippen LogP contribution in [0, 0.1) is 20.2 Å². The molecule has 0 aromatic heterocycles. The molecule has 0 bridgehead atoms. The summed E-state index contributed by atoms with van der Waals surface area (Å²) in [6.07, 6.45) is 0.165. The van der Waals surface area contributed by atoms with Gasteiger partial charge >= 0.3 is 0 Å². The maximum absolute atomic E-state index is 12.0. The summed E-state index contributed by atoms with van der Waals surface area (Å²) in [5, 5.41) is 21.7. The molecule has 1 aromatic carbocycles. The first-order valence-electron chi connectivity index (χ1n) is 7.82. The van der Waals surface area contributed by atoms with Gasteiger partial charge < -0.3 is 9.64 Å². The molecule has 26 heavy (non-hydrogen) atoms. The molecule has 0 aliphatic carbocycles. The quantitative estimate of drug-likeness (QED) is 0.410. The number of hydrogen-bond donors (Lipinski definition) is 3. The number of rotatable bonds is 6. The number of nitrogens with zero attached hydrogens (tertiary/aromatic N) is 2. The molecule has 140 valence electrons. The van der Waals surface area contributed by atoms with Crippen LogP contribution in [0.25, 0.3) is 0 Å². The molecule has 0 spiro atoms. The molecule has 1 saturated heterocycles. The number of hydrazine groups is 1. The van der Waals surface area contributed by atoms with E-state index in [0.717, 1.165) is 25.2 Å². The molecule has 0 unspecified atom stereocenters. The van der Waals surface area contributed by atoms with E-state index in [4.69, 9.17) is 4.74 Å². The van der Waals surface area contributed by atoms with Crippen LogP contribution in [0.5, 0.6) is 0 Å². The lowest BCUT2D eigenvalue weighted by atomic mass is 10.1. The highest BCUT2D eigenvalue weighted by Crippen LogP contribution is 2.24. The summed E-state index contributed by atoms with van der Waals surface area (Å²) in [7, 11) is 0. The molecule has 1 aromatic rings. The van der Waals surface area contributed by atoms with Crippen LogP contribution >= 0.6 is 0 Å². The fourth-order valence-electron chi connectivity index (χ4n) is 2.43. The summed E-state index contributed by atoms with van der Waals surface area (Å²) >= 11 is 0. The minimum Gasteiger partial charge on any atom is -0.370 e. The fraction of sp³-hybridized carbons (Fsp3) is 0.429. The van der Waals surface area contributed by atoms with Gasteiger partial charge in [-0.3, -0.25) is 40.7 Å². The summed E-state index contributed by atoms with van der Waals surface area (Å²) in [6, 6.07) is 2.64. The standard InChI is InChI=1S/C14H17N5O7/c20-13(3-4-17-5-7-26-8-6-17)15-16-14(21)11-2-1-10(18(22)23)9-12(11)19(24)25/h1-2,9H,3-8H2,(H,15,20)(H,16,21)/p+1. The number of benzene rings is 1. The number of nitro benzene ring substituents is 2. The van der Waals surface area contributed by atoms with Crippen LogP contribution in [0.1, 0.15) is 16.8 Å². The van der Waals surface area contributed by atoms with Gasteiger partial charge in [0, 0.05) is 6.07 Å². The van der Waals surface area contributed by atoms with Gasteiger partial charge in [-0.25, -0.2) is 0 Å². The SMILES string of the molecule is O=C(CC[NH+]1CCOCC1)NNC(=O)c1ccc([N+](=O)[O-])cc1[N+](=O)[O-]. The predicted octanol–water partition coefficient (Wildman–Crippen LogP) is -1.43. The lowest BCUT2D eigenvalue weighted by molar-refractivity contribution is -0.907. The van der Waals surface area contributed by atoms with E-state index in [1.165, 1.54) is 4.90 Å².